The molecule has 31 heavy (non-hydrogen) atoms. The number of carbonyl (C=O) groups excluding carboxylic acids is 1. The highest BCUT2D eigenvalue weighted by atomic mass is 35.5. The molecule has 0 unspecified atom stereocenters. The summed E-state index contributed by atoms with van der Waals surface area (Å²) in [5.74, 6) is -0.0701. The second-order valence-electron chi connectivity index (χ2n) is 7.37. The van der Waals surface area contributed by atoms with Crippen LogP contribution < -0.4 is 5.63 Å². The van der Waals surface area contributed by atoms with E-state index in [1.54, 1.807) is 50.2 Å². The van der Waals surface area contributed by atoms with Gasteiger partial charge in [-0.05, 0) is 61.4 Å². The number of rotatable bonds is 5. The van der Waals surface area contributed by atoms with Gasteiger partial charge in [-0.25, -0.2) is 9.59 Å². The van der Waals surface area contributed by atoms with Gasteiger partial charge in [-0.15, -0.1) is 10.2 Å². The minimum absolute atomic E-state index is 0.198. The third kappa shape index (κ3) is 4.49. The lowest BCUT2D eigenvalue weighted by atomic mass is 10.1. The zero-order valence-electron chi connectivity index (χ0n) is 17.1. The maximum atomic E-state index is 12.2. The van der Waals surface area contributed by atoms with Crippen LogP contribution in [0.2, 0.25) is 5.02 Å². The smallest absolute Gasteiger partial charge is 0.338 e. The second kappa shape index (κ2) is 8.31. The normalized spacial score (nSPS) is 11.3. The molecule has 158 valence electrons. The van der Waals surface area contributed by atoms with Gasteiger partial charge in [0, 0.05) is 22.0 Å². The minimum atomic E-state index is -0.471. The van der Waals surface area contributed by atoms with Crippen molar-refractivity contribution in [1.29, 1.82) is 0 Å². The highest BCUT2D eigenvalue weighted by Crippen LogP contribution is 2.25. The van der Waals surface area contributed by atoms with Crippen molar-refractivity contribution in [2.24, 2.45) is 0 Å². The van der Waals surface area contributed by atoms with Gasteiger partial charge in [-0.1, -0.05) is 23.7 Å². The van der Waals surface area contributed by atoms with Crippen LogP contribution in [0.5, 0.6) is 0 Å². The first-order valence-corrected chi connectivity index (χ1v) is 10.00. The molecule has 2 aromatic heterocycles. The number of hydrogen-bond donors (Lipinski definition) is 0. The molecule has 4 aromatic rings. The van der Waals surface area contributed by atoms with Crippen molar-refractivity contribution >= 4 is 28.5 Å². The number of ether oxygens (including phenoxy) is 1. The van der Waals surface area contributed by atoms with Crippen LogP contribution in [0.25, 0.3) is 22.4 Å². The number of benzene rings is 2. The fourth-order valence-electron chi connectivity index (χ4n) is 3.12. The molecule has 2 aromatic carbocycles. The first-order valence-electron chi connectivity index (χ1n) is 9.62. The molecule has 0 amide bonds. The third-order valence-corrected chi connectivity index (χ3v) is 4.98. The molecular weight excluding hydrogens is 420 g/mol. The topological polar surface area (TPSA) is 100 Å². The van der Waals surface area contributed by atoms with E-state index in [0.717, 1.165) is 5.56 Å². The Kier molecular flexibility index (Phi) is 5.56. The van der Waals surface area contributed by atoms with Crippen molar-refractivity contribution in [3.05, 3.63) is 74.6 Å². The van der Waals surface area contributed by atoms with Crippen LogP contribution in [0.1, 0.15) is 35.3 Å². The van der Waals surface area contributed by atoms with Crippen LogP contribution in [0.4, 0.5) is 0 Å². The van der Waals surface area contributed by atoms with E-state index < -0.39 is 11.6 Å². The van der Waals surface area contributed by atoms with Gasteiger partial charge in [-0.2, -0.15) is 4.80 Å². The van der Waals surface area contributed by atoms with Crippen LogP contribution in [0, 0.1) is 6.92 Å². The van der Waals surface area contributed by atoms with E-state index in [1.165, 1.54) is 10.9 Å². The van der Waals surface area contributed by atoms with Gasteiger partial charge in [0.2, 0.25) is 5.82 Å². The van der Waals surface area contributed by atoms with Crippen molar-refractivity contribution in [3.63, 3.8) is 0 Å². The number of carbonyl (C=O) groups is 1. The maximum Gasteiger partial charge on any atom is 0.338 e. The van der Waals surface area contributed by atoms with E-state index in [0.29, 0.717) is 38.5 Å². The molecule has 0 atom stereocenters. The van der Waals surface area contributed by atoms with Crippen LogP contribution in [0.15, 0.2) is 51.7 Å². The number of aryl methyl sites for hydroxylation is 1. The fourth-order valence-corrected chi connectivity index (χ4v) is 3.29. The molecule has 0 saturated heterocycles. The summed E-state index contributed by atoms with van der Waals surface area (Å²) >= 11 is 6.25. The molecule has 0 aliphatic carbocycles. The van der Waals surface area contributed by atoms with E-state index in [4.69, 9.17) is 20.8 Å². The summed E-state index contributed by atoms with van der Waals surface area (Å²) in [7, 11) is 0. The first kappa shape index (κ1) is 20.7. The lowest BCUT2D eigenvalue weighted by Gasteiger charge is -2.08. The monoisotopic (exact) mass is 438 g/mol. The summed E-state index contributed by atoms with van der Waals surface area (Å²) in [4.78, 5) is 25.5. The molecule has 4 rings (SSSR count). The molecule has 0 aliphatic rings. The summed E-state index contributed by atoms with van der Waals surface area (Å²) in [6, 6.07) is 11.7. The fraction of sp³-hybridized carbons (Fsp3) is 0.227. The number of tetrazole rings is 1. The molecule has 0 aliphatic heterocycles. The Bertz CT molecular complexity index is 1340. The lowest BCUT2D eigenvalue weighted by Crippen LogP contribution is -2.11. The minimum Gasteiger partial charge on any atom is -0.459 e. The second-order valence-corrected chi connectivity index (χ2v) is 7.77. The standard InChI is InChI=1S/C22H19ClN4O4/c1-12(2)30-22(29)15-6-4-5-14(8-15)21-24-26-27(25-21)11-16-9-20(28)31-19-7-13(3)18(23)10-17(16)19/h4-10,12H,11H2,1-3H3. The Morgan fingerprint density at radius 2 is 2.03 bits per heavy atom. The number of aromatic nitrogens is 4. The Morgan fingerprint density at radius 3 is 2.81 bits per heavy atom. The SMILES string of the molecule is Cc1cc2oc(=O)cc(Cn3nnc(-c4cccc(C(=O)OC(C)C)c4)n3)c2cc1Cl. The van der Waals surface area contributed by atoms with Gasteiger partial charge >= 0.3 is 11.6 Å². The largest absolute Gasteiger partial charge is 0.459 e. The van der Waals surface area contributed by atoms with E-state index in [-0.39, 0.29) is 12.6 Å². The van der Waals surface area contributed by atoms with Gasteiger partial charge in [0.1, 0.15) is 5.58 Å². The molecular formula is C22H19ClN4O4. The van der Waals surface area contributed by atoms with Crippen LogP contribution in [-0.2, 0) is 11.3 Å². The molecule has 0 radical (unpaired) electrons. The molecule has 0 fully saturated rings. The maximum absolute atomic E-state index is 12.2. The van der Waals surface area contributed by atoms with Gasteiger partial charge in [-0.3, -0.25) is 0 Å². The Morgan fingerprint density at radius 1 is 1.23 bits per heavy atom. The van der Waals surface area contributed by atoms with Crippen molar-refractivity contribution in [1.82, 2.24) is 20.2 Å². The number of esters is 1. The molecule has 0 saturated carbocycles. The van der Waals surface area contributed by atoms with Crippen molar-refractivity contribution in [2.45, 2.75) is 33.4 Å². The zero-order valence-corrected chi connectivity index (χ0v) is 17.9. The average molecular weight is 439 g/mol. The van der Waals surface area contributed by atoms with Gasteiger partial charge in [0.25, 0.3) is 0 Å². The Hall–Kier alpha value is -3.52. The molecule has 9 heteroatoms. The average Bonchev–Trinajstić information content (AvgIpc) is 3.17. The molecule has 8 nitrogen and oxygen atoms in total. The van der Waals surface area contributed by atoms with Crippen molar-refractivity contribution in [2.75, 3.05) is 0 Å². The van der Waals surface area contributed by atoms with Gasteiger partial charge in [0.05, 0.1) is 18.2 Å². The number of halogens is 1. The summed E-state index contributed by atoms with van der Waals surface area (Å²) in [5.41, 5.74) is 2.47. The van der Waals surface area contributed by atoms with Gasteiger partial charge in [0.15, 0.2) is 0 Å². The van der Waals surface area contributed by atoms with Crippen molar-refractivity contribution < 1.29 is 13.9 Å². The van der Waals surface area contributed by atoms with E-state index >= 15 is 0 Å². The van der Waals surface area contributed by atoms with Gasteiger partial charge < -0.3 is 9.15 Å². The zero-order chi connectivity index (χ0) is 22.1. The predicted molar refractivity (Wildman–Crippen MR) is 115 cm³/mol. The number of hydrogen-bond acceptors (Lipinski definition) is 7. The summed E-state index contributed by atoms with van der Waals surface area (Å²) in [6.07, 6.45) is -0.217. The van der Waals surface area contributed by atoms with Crippen LogP contribution >= 0.6 is 11.6 Å². The van der Waals surface area contributed by atoms with Crippen LogP contribution in [-0.4, -0.2) is 32.3 Å². The molecule has 0 N–H and O–H groups in total. The van der Waals surface area contributed by atoms with E-state index in [9.17, 15) is 9.59 Å². The predicted octanol–water partition coefficient (Wildman–Crippen LogP) is 4.02. The summed E-state index contributed by atoms with van der Waals surface area (Å²) in [6.45, 7) is 5.61. The van der Waals surface area contributed by atoms with E-state index in [1.807, 2.05) is 6.92 Å². The molecule has 0 bridgehead atoms. The summed E-state index contributed by atoms with van der Waals surface area (Å²) < 4.78 is 10.5. The van der Waals surface area contributed by atoms with Crippen molar-refractivity contribution in [3.8, 4) is 11.4 Å². The number of nitrogens with zero attached hydrogens (tertiary/aromatic N) is 4. The lowest BCUT2D eigenvalue weighted by molar-refractivity contribution is 0.0378. The van der Waals surface area contributed by atoms with E-state index in [2.05, 4.69) is 15.4 Å². The highest BCUT2D eigenvalue weighted by molar-refractivity contribution is 6.32. The highest BCUT2D eigenvalue weighted by Gasteiger charge is 2.14. The Labute approximate surface area is 182 Å². The van der Waals surface area contributed by atoms with Crippen LogP contribution in [0.3, 0.4) is 0 Å². The Balaban J connectivity index is 1.64. The quantitative estimate of drug-likeness (QED) is 0.342. The first-order chi connectivity index (χ1) is 14.8. The molecule has 0 spiro atoms. The number of fused-ring (bicyclic) bond motifs is 1. The third-order valence-electron chi connectivity index (χ3n) is 4.57. The molecule has 2 heterocycles. The summed E-state index contributed by atoms with van der Waals surface area (Å²) in [5, 5.41) is 13.8.